The maximum atomic E-state index is 13.5. The lowest BCUT2D eigenvalue weighted by molar-refractivity contribution is -0.141. The Morgan fingerprint density at radius 2 is 1.40 bits per heavy atom. The lowest BCUT2D eigenvalue weighted by atomic mass is 9.99. The first-order chi connectivity index (χ1) is 13.3. The van der Waals surface area contributed by atoms with Crippen molar-refractivity contribution < 1.29 is 39.5 Å². The molecule has 0 bridgehead atoms. The summed E-state index contributed by atoms with van der Waals surface area (Å²) in [5, 5.41) is 0. The Hall–Kier alpha value is -2.73. The van der Waals surface area contributed by atoms with Crippen molar-refractivity contribution in [3.05, 3.63) is 45.4 Å². The van der Waals surface area contributed by atoms with E-state index in [4.69, 9.17) is 5.73 Å². The first-order valence-corrected chi connectivity index (χ1v) is 8.05. The van der Waals surface area contributed by atoms with Crippen molar-refractivity contribution in [1.82, 2.24) is 9.55 Å². The van der Waals surface area contributed by atoms with Gasteiger partial charge in [0, 0.05) is 11.1 Å². The second-order valence-corrected chi connectivity index (χ2v) is 7.26. The zero-order valence-corrected chi connectivity index (χ0v) is 15.5. The third kappa shape index (κ3) is 4.38. The van der Waals surface area contributed by atoms with Gasteiger partial charge in [0.1, 0.15) is 11.5 Å². The fourth-order valence-corrected chi connectivity index (χ4v) is 2.71. The molecule has 1 aromatic carbocycles. The first kappa shape index (κ1) is 23.5. The molecule has 0 atom stereocenters. The summed E-state index contributed by atoms with van der Waals surface area (Å²) in [6, 6.07) is 0.206. The molecular formula is C17H14F9N3O. The van der Waals surface area contributed by atoms with Gasteiger partial charge in [0.05, 0.1) is 11.1 Å². The van der Waals surface area contributed by atoms with E-state index in [0.717, 1.165) is 0 Å². The second-order valence-electron chi connectivity index (χ2n) is 7.26. The molecule has 0 aliphatic heterocycles. The van der Waals surface area contributed by atoms with Gasteiger partial charge in [-0.3, -0.25) is 9.36 Å². The lowest BCUT2D eigenvalue weighted by Gasteiger charge is -2.28. The fourth-order valence-electron chi connectivity index (χ4n) is 2.71. The molecule has 0 saturated heterocycles. The van der Waals surface area contributed by atoms with Gasteiger partial charge in [-0.1, -0.05) is 0 Å². The standard InChI is InChI=1S/C17H14F9N3O/c1-14(2,3)29-12(28-11(17(24,25)26)10(27)13(29)30)8-6-7(15(18,19)20)4-5-9(8)16(21,22)23/h4-6H,27H2,1-3H3. The molecule has 30 heavy (non-hydrogen) atoms. The number of aromatic nitrogens is 2. The molecule has 0 fully saturated rings. The van der Waals surface area contributed by atoms with Gasteiger partial charge < -0.3 is 5.73 Å². The first-order valence-electron chi connectivity index (χ1n) is 8.05. The van der Waals surface area contributed by atoms with Gasteiger partial charge >= 0.3 is 18.5 Å². The number of benzene rings is 1. The van der Waals surface area contributed by atoms with Crippen LogP contribution < -0.4 is 11.3 Å². The third-order valence-corrected chi connectivity index (χ3v) is 3.95. The minimum Gasteiger partial charge on any atom is -0.392 e. The highest BCUT2D eigenvalue weighted by Crippen LogP contribution is 2.42. The summed E-state index contributed by atoms with van der Waals surface area (Å²) >= 11 is 0. The monoisotopic (exact) mass is 447 g/mol. The number of rotatable bonds is 1. The topological polar surface area (TPSA) is 60.9 Å². The molecular weight excluding hydrogens is 433 g/mol. The molecule has 1 aromatic heterocycles. The average Bonchev–Trinajstić information content (AvgIpc) is 2.52. The van der Waals surface area contributed by atoms with Crippen molar-refractivity contribution in [1.29, 1.82) is 0 Å². The van der Waals surface area contributed by atoms with Gasteiger partial charge in [-0.25, -0.2) is 4.98 Å². The van der Waals surface area contributed by atoms with Crippen LogP contribution in [0.3, 0.4) is 0 Å². The molecule has 0 spiro atoms. The summed E-state index contributed by atoms with van der Waals surface area (Å²) in [6.07, 6.45) is -15.7. The Balaban J connectivity index is 3.13. The number of anilines is 1. The van der Waals surface area contributed by atoms with Crippen LogP contribution in [0.15, 0.2) is 23.0 Å². The van der Waals surface area contributed by atoms with Crippen molar-refractivity contribution in [2.24, 2.45) is 0 Å². The van der Waals surface area contributed by atoms with Crippen LogP contribution >= 0.6 is 0 Å². The van der Waals surface area contributed by atoms with Gasteiger partial charge in [-0.05, 0) is 39.0 Å². The van der Waals surface area contributed by atoms with E-state index in [1.165, 1.54) is 20.8 Å². The summed E-state index contributed by atoms with van der Waals surface area (Å²) in [7, 11) is 0. The molecule has 4 nitrogen and oxygen atoms in total. The predicted molar refractivity (Wildman–Crippen MR) is 88.3 cm³/mol. The van der Waals surface area contributed by atoms with Crippen molar-refractivity contribution >= 4 is 5.69 Å². The SMILES string of the molecule is CC(C)(C)n1c(-c2cc(C(F)(F)F)ccc2C(F)(F)F)nc(C(F)(F)F)c(N)c1=O. The average molecular weight is 447 g/mol. The van der Waals surface area contributed by atoms with Crippen molar-refractivity contribution in [3.63, 3.8) is 0 Å². The van der Waals surface area contributed by atoms with E-state index >= 15 is 0 Å². The second kappa shape index (κ2) is 6.91. The molecule has 2 aromatic rings. The maximum absolute atomic E-state index is 13.5. The third-order valence-electron chi connectivity index (χ3n) is 3.95. The molecule has 2 N–H and O–H groups in total. The number of nitrogens with two attached hydrogens (primary N) is 1. The molecule has 0 radical (unpaired) electrons. The summed E-state index contributed by atoms with van der Waals surface area (Å²) < 4.78 is 120. The van der Waals surface area contributed by atoms with Crippen LogP contribution in [-0.4, -0.2) is 9.55 Å². The zero-order chi connectivity index (χ0) is 23.4. The van der Waals surface area contributed by atoms with E-state index in [2.05, 4.69) is 4.98 Å². The quantitative estimate of drug-likeness (QED) is 0.604. The largest absolute Gasteiger partial charge is 0.435 e. The summed E-state index contributed by atoms with van der Waals surface area (Å²) in [6.45, 7) is 3.73. The van der Waals surface area contributed by atoms with E-state index in [9.17, 15) is 44.3 Å². The van der Waals surface area contributed by atoms with Crippen molar-refractivity contribution in [3.8, 4) is 11.4 Å². The van der Waals surface area contributed by atoms with Crippen LogP contribution in [0.25, 0.3) is 11.4 Å². The normalized spacial score (nSPS) is 13.6. The molecule has 0 aliphatic rings. The smallest absolute Gasteiger partial charge is 0.392 e. The highest BCUT2D eigenvalue weighted by molar-refractivity contribution is 5.65. The number of halogens is 9. The molecule has 166 valence electrons. The number of hydrogen-bond donors (Lipinski definition) is 1. The Kier molecular flexibility index (Phi) is 5.42. The number of alkyl halides is 9. The number of hydrogen-bond acceptors (Lipinski definition) is 3. The van der Waals surface area contributed by atoms with Gasteiger partial charge in [0.15, 0.2) is 5.69 Å². The molecule has 13 heteroatoms. The Bertz CT molecular complexity index is 1030. The highest BCUT2D eigenvalue weighted by Gasteiger charge is 2.42. The Morgan fingerprint density at radius 3 is 1.80 bits per heavy atom. The van der Waals surface area contributed by atoms with E-state index in [1.54, 1.807) is 0 Å². The molecule has 0 aliphatic carbocycles. The predicted octanol–water partition coefficient (Wildman–Crippen LogP) is 5.30. The van der Waals surface area contributed by atoms with Crippen LogP contribution in [0, 0.1) is 0 Å². The Morgan fingerprint density at radius 1 is 0.867 bits per heavy atom. The fraction of sp³-hybridized carbons (Fsp3) is 0.412. The summed E-state index contributed by atoms with van der Waals surface area (Å²) in [5.41, 5.74) is -5.77. The minimum absolute atomic E-state index is 0.00316. The van der Waals surface area contributed by atoms with E-state index in [1.807, 2.05) is 0 Å². The molecule has 0 amide bonds. The van der Waals surface area contributed by atoms with E-state index in [0.29, 0.717) is 4.57 Å². The van der Waals surface area contributed by atoms with E-state index < -0.39 is 63.5 Å². The maximum Gasteiger partial charge on any atom is 0.435 e. The number of nitrogens with zero attached hydrogens (tertiary/aromatic N) is 2. The van der Waals surface area contributed by atoms with Gasteiger partial charge in [0.2, 0.25) is 0 Å². The molecule has 1 heterocycles. The van der Waals surface area contributed by atoms with Crippen LogP contribution in [-0.2, 0) is 24.1 Å². The highest BCUT2D eigenvalue weighted by atomic mass is 19.4. The van der Waals surface area contributed by atoms with Gasteiger partial charge in [-0.2, -0.15) is 39.5 Å². The molecule has 0 saturated carbocycles. The molecule has 0 unspecified atom stereocenters. The van der Waals surface area contributed by atoms with Crippen LogP contribution in [0.5, 0.6) is 0 Å². The van der Waals surface area contributed by atoms with Crippen molar-refractivity contribution in [2.75, 3.05) is 5.73 Å². The zero-order valence-electron chi connectivity index (χ0n) is 15.5. The van der Waals surface area contributed by atoms with Crippen LogP contribution in [0.1, 0.15) is 37.6 Å². The van der Waals surface area contributed by atoms with Crippen LogP contribution in [0.2, 0.25) is 0 Å². The van der Waals surface area contributed by atoms with Crippen molar-refractivity contribution in [2.45, 2.75) is 44.8 Å². The summed E-state index contributed by atoms with van der Waals surface area (Å²) in [4.78, 5) is 15.6. The van der Waals surface area contributed by atoms with Crippen LogP contribution in [0.4, 0.5) is 45.2 Å². The molecule has 2 rings (SSSR count). The van der Waals surface area contributed by atoms with Gasteiger partial charge in [-0.15, -0.1) is 0 Å². The summed E-state index contributed by atoms with van der Waals surface area (Å²) in [5.74, 6) is -1.24. The minimum atomic E-state index is -5.34. The lowest BCUT2D eigenvalue weighted by Crippen LogP contribution is -2.39. The number of nitrogen functional groups attached to an aromatic ring is 1. The Labute approximate surface area is 163 Å². The van der Waals surface area contributed by atoms with E-state index in [-0.39, 0.29) is 18.2 Å². The van der Waals surface area contributed by atoms with Gasteiger partial charge in [0.25, 0.3) is 5.56 Å².